The summed E-state index contributed by atoms with van der Waals surface area (Å²) in [5.74, 6) is 0.956. The number of aromatic nitrogens is 4. The van der Waals surface area contributed by atoms with Crippen LogP contribution < -0.4 is 5.32 Å². The lowest BCUT2D eigenvalue weighted by molar-refractivity contribution is 0.103. The zero-order valence-electron chi connectivity index (χ0n) is 15.0. The molecule has 3 aromatic heterocycles. The predicted molar refractivity (Wildman–Crippen MR) is 103 cm³/mol. The van der Waals surface area contributed by atoms with Crippen LogP contribution in [0.4, 0.5) is 5.13 Å². The Labute approximate surface area is 154 Å². The van der Waals surface area contributed by atoms with Gasteiger partial charge >= 0.3 is 0 Å². The number of hydrogen-bond donors (Lipinski definition) is 1. The maximum absolute atomic E-state index is 12.7. The topological polar surface area (TPSA) is 80.7 Å². The van der Waals surface area contributed by atoms with Crippen molar-refractivity contribution < 1.29 is 4.79 Å². The van der Waals surface area contributed by atoms with Gasteiger partial charge in [-0.1, -0.05) is 25.2 Å². The summed E-state index contributed by atoms with van der Waals surface area (Å²) in [5, 5.41) is 13.7. The zero-order chi connectivity index (χ0) is 18.1. The number of nitrogens with zero attached hydrogens (tertiary/aromatic N) is 4. The van der Waals surface area contributed by atoms with Crippen LogP contribution >= 0.6 is 22.7 Å². The fourth-order valence-corrected chi connectivity index (χ4v) is 5.11. The molecular formula is C17H21N5OS2. The van der Waals surface area contributed by atoms with Crippen molar-refractivity contribution in [2.75, 3.05) is 5.32 Å². The standard InChI is InChI=1S/C17H21N5OS2/c1-6-11(7-2)15-21-22-17(25-15)20-14(23)13-8(3)12-9(4)18-10(5)19-16(12)24-13/h11H,6-7H2,1-5H3,(H,20,22,23). The van der Waals surface area contributed by atoms with Gasteiger partial charge in [0, 0.05) is 17.0 Å². The average molecular weight is 376 g/mol. The summed E-state index contributed by atoms with van der Waals surface area (Å²) < 4.78 is 0. The maximum atomic E-state index is 12.7. The van der Waals surface area contributed by atoms with Crippen LogP contribution in [0.5, 0.6) is 0 Å². The Balaban J connectivity index is 1.88. The van der Waals surface area contributed by atoms with Gasteiger partial charge in [0.05, 0.1) is 4.88 Å². The monoisotopic (exact) mass is 375 g/mol. The Bertz CT molecular complexity index is 927. The van der Waals surface area contributed by atoms with E-state index in [0.717, 1.165) is 45.1 Å². The fraction of sp³-hybridized carbons (Fsp3) is 0.471. The Morgan fingerprint density at radius 1 is 1.08 bits per heavy atom. The number of nitrogens with one attached hydrogen (secondary N) is 1. The van der Waals surface area contributed by atoms with Crippen molar-refractivity contribution in [3.8, 4) is 0 Å². The first-order valence-electron chi connectivity index (χ1n) is 8.33. The summed E-state index contributed by atoms with van der Waals surface area (Å²) in [4.78, 5) is 23.1. The Morgan fingerprint density at radius 2 is 1.80 bits per heavy atom. The molecule has 0 radical (unpaired) electrons. The highest BCUT2D eigenvalue weighted by Crippen LogP contribution is 2.33. The largest absolute Gasteiger partial charge is 0.296 e. The molecule has 1 amide bonds. The highest BCUT2D eigenvalue weighted by molar-refractivity contribution is 7.21. The third kappa shape index (κ3) is 3.41. The van der Waals surface area contributed by atoms with E-state index in [9.17, 15) is 4.79 Å². The molecule has 0 saturated carbocycles. The van der Waals surface area contributed by atoms with Gasteiger partial charge in [0.2, 0.25) is 5.13 Å². The van der Waals surface area contributed by atoms with E-state index in [-0.39, 0.29) is 5.91 Å². The SMILES string of the molecule is CCC(CC)c1nnc(NC(=O)c2sc3nc(C)nc(C)c3c2C)s1. The minimum absolute atomic E-state index is 0.162. The van der Waals surface area contributed by atoms with Gasteiger partial charge in [-0.25, -0.2) is 9.97 Å². The molecule has 0 saturated heterocycles. The van der Waals surface area contributed by atoms with Crippen LogP contribution in [0, 0.1) is 20.8 Å². The van der Waals surface area contributed by atoms with Crippen LogP contribution in [0.3, 0.4) is 0 Å². The molecule has 0 aliphatic carbocycles. The molecule has 0 aliphatic rings. The maximum Gasteiger partial charge on any atom is 0.267 e. The van der Waals surface area contributed by atoms with Crippen molar-refractivity contribution in [1.29, 1.82) is 0 Å². The van der Waals surface area contributed by atoms with Crippen molar-refractivity contribution in [2.45, 2.75) is 53.4 Å². The Morgan fingerprint density at radius 3 is 2.48 bits per heavy atom. The molecular weight excluding hydrogens is 354 g/mol. The zero-order valence-corrected chi connectivity index (χ0v) is 16.6. The number of hydrogen-bond acceptors (Lipinski definition) is 7. The highest BCUT2D eigenvalue weighted by Gasteiger charge is 2.20. The quantitative estimate of drug-likeness (QED) is 0.703. The van der Waals surface area contributed by atoms with Crippen molar-refractivity contribution >= 4 is 43.9 Å². The van der Waals surface area contributed by atoms with Crippen LogP contribution in [-0.4, -0.2) is 26.1 Å². The average Bonchev–Trinajstić information content (AvgIpc) is 3.13. The smallest absolute Gasteiger partial charge is 0.267 e. The van der Waals surface area contributed by atoms with E-state index in [1.807, 2.05) is 20.8 Å². The van der Waals surface area contributed by atoms with E-state index in [1.54, 1.807) is 0 Å². The lowest BCUT2D eigenvalue weighted by Crippen LogP contribution is -2.11. The first-order chi connectivity index (χ1) is 11.9. The molecule has 6 nitrogen and oxygen atoms in total. The van der Waals surface area contributed by atoms with Gasteiger partial charge in [-0.2, -0.15) is 0 Å². The lowest BCUT2D eigenvalue weighted by Gasteiger charge is -2.05. The summed E-state index contributed by atoms with van der Waals surface area (Å²) in [6, 6.07) is 0. The predicted octanol–water partition coefficient (Wildman–Crippen LogP) is 4.62. The lowest BCUT2D eigenvalue weighted by atomic mass is 10.1. The highest BCUT2D eigenvalue weighted by atomic mass is 32.1. The van der Waals surface area contributed by atoms with Gasteiger partial charge in [-0.05, 0) is 39.2 Å². The van der Waals surface area contributed by atoms with Gasteiger partial charge in [-0.3, -0.25) is 10.1 Å². The second kappa shape index (κ2) is 7.13. The molecule has 0 spiro atoms. The van der Waals surface area contributed by atoms with Crippen molar-refractivity contribution in [3.05, 3.63) is 27.0 Å². The van der Waals surface area contributed by atoms with Gasteiger partial charge in [0.25, 0.3) is 5.91 Å². The normalized spacial score (nSPS) is 11.4. The molecule has 3 heterocycles. The van der Waals surface area contributed by atoms with Crippen LogP contribution in [0.1, 0.15) is 64.4 Å². The molecule has 1 N–H and O–H groups in total. The minimum Gasteiger partial charge on any atom is -0.296 e. The van der Waals surface area contributed by atoms with Gasteiger partial charge in [0.15, 0.2) is 0 Å². The molecule has 25 heavy (non-hydrogen) atoms. The van der Waals surface area contributed by atoms with E-state index in [1.165, 1.54) is 22.7 Å². The molecule has 3 rings (SSSR count). The Kier molecular flexibility index (Phi) is 5.10. The molecule has 0 fully saturated rings. The number of fused-ring (bicyclic) bond motifs is 1. The first-order valence-corrected chi connectivity index (χ1v) is 9.96. The summed E-state index contributed by atoms with van der Waals surface area (Å²) in [6.45, 7) is 10.0. The Hall–Kier alpha value is -1.93. The second-order valence-corrected chi connectivity index (χ2v) is 8.01. The molecule has 0 aliphatic heterocycles. The first kappa shape index (κ1) is 17.9. The van der Waals surface area contributed by atoms with Gasteiger partial charge < -0.3 is 0 Å². The number of aryl methyl sites for hydroxylation is 3. The number of carbonyl (C=O) groups is 1. The van der Waals surface area contributed by atoms with Gasteiger partial charge in [0.1, 0.15) is 15.7 Å². The fourth-order valence-electron chi connectivity index (χ4n) is 2.93. The number of carbonyl (C=O) groups excluding carboxylic acids is 1. The van der Waals surface area contributed by atoms with Crippen LogP contribution in [-0.2, 0) is 0 Å². The second-order valence-electron chi connectivity index (χ2n) is 6.01. The summed E-state index contributed by atoms with van der Waals surface area (Å²) in [7, 11) is 0. The summed E-state index contributed by atoms with van der Waals surface area (Å²) in [5.41, 5.74) is 1.82. The number of amides is 1. The van der Waals surface area contributed by atoms with Crippen molar-refractivity contribution in [3.63, 3.8) is 0 Å². The molecule has 0 bridgehead atoms. The van der Waals surface area contributed by atoms with Crippen LogP contribution in [0.25, 0.3) is 10.2 Å². The van der Waals surface area contributed by atoms with E-state index in [2.05, 4.69) is 39.3 Å². The molecule has 0 atom stereocenters. The van der Waals surface area contributed by atoms with E-state index >= 15 is 0 Å². The summed E-state index contributed by atoms with van der Waals surface area (Å²) >= 11 is 2.85. The van der Waals surface area contributed by atoms with Crippen molar-refractivity contribution in [2.24, 2.45) is 0 Å². The minimum atomic E-state index is -0.162. The van der Waals surface area contributed by atoms with Crippen LogP contribution in [0.15, 0.2) is 0 Å². The van der Waals surface area contributed by atoms with Crippen molar-refractivity contribution in [1.82, 2.24) is 20.2 Å². The van der Waals surface area contributed by atoms with E-state index in [4.69, 9.17) is 0 Å². The van der Waals surface area contributed by atoms with Crippen LogP contribution in [0.2, 0.25) is 0 Å². The molecule has 0 unspecified atom stereocenters. The number of anilines is 1. The molecule has 8 heteroatoms. The molecule has 0 aromatic carbocycles. The third-order valence-corrected chi connectivity index (χ3v) is 6.47. The summed E-state index contributed by atoms with van der Waals surface area (Å²) in [6.07, 6.45) is 2.04. The van der Waals surface area contributed by atoms with Gasteiger partial charge in [-0.15, -0.1) is 21.5 Å². The number of thiophene rings is 1. The van der Waals surface area contributed by atoms with E-state index < -0.39 is 0 Å². The third-order valence-electron chi connectivity index (χ3n) is 4.29. The molecule has 132 valence electrons. The molecule has 3 aromatic rings. The number of rotatable bonds is 5. The van der Waals surface area contributed by atoms with E-state index in [0.29, 0.717) is 15.9 Å².